The Morgan fingerprint density at radius 2 is 1.71 bits per heavy atom. The monoisotopic (exact) mass is 433 g/mol. The van der Waals surface area contributed by atoms with Crippen LogP contribution in [0.25, 0.3) is 0 Å². The molecule has 1 aliphatic rings. The van der Waals surface area contributed by atoms with Crippen LogP contribution in [0.5, 0.6) is 0 Å². The number of carbonyl (C=O) groups is 2. The van der Waals surface area contributed by atoms with E-state index in [4.69, 9.17) is 0 Å². The van der Waals surface area contributed by atoms with E-state index >= 15 is 0 Å². The molecule has 0 bridgehead atoms. The fourth-order valence-electron chi connectivity index (χ4n) is 3.91. The third-order valence-corrected chi connectivity index (χ3v) is 6.68. The van der Waals surface area contributed by atoms with Crippen LogP contribution in [-0.2, 0) is 29.1 Å². The highest BCUT2D eigenvalue weighted by Gasteiger charge is 2.26. The maximum atomic E-state index is 12.4. The standard InChI is InChI=1S/C25H27N3O2S/c1-18-8-10-19(11-9-18)15-26-24(29)25(30)27-16-22(23-7-4-14-31-23)28-13-12-20-5-2-3-6-21(20)17-28/h2-11,14,22H,12-13,15-17H2,1H3,(H,26,29)(H,27,30)/t22-/m0/s1. The molecule has 0 aliphatic carbocycles. The Morgan fingerprint density at radius 3 is 2.45 bits per heavy atom. The number of hydrogen-bond donors (Lipinski definition) is 2. The molecule has 1 aliphatic heterocycles. The summed E-state index contributed by atoms with van der Waals surface area (Å²) in [6.45, 7) is 4.52. The molecule has 3 aromatic rings. The first kappa shape index (κ1) is 21.3. The zero-order chi connectivity index (χ0) is 21.6. The number of rotatable bonds is 6. The fraction of sp³-hybridized carbons (Fsp3) is 0.280. The summed E-state index contributed by atoms with van der Waals surface area (Å²) in [6.07, 6.45) is 0.989. The smallest absolute Gasteiger partial charge is 0.309 e. The average molecular weight is 434 g/mol. The van der Waals surface area contributed by atoms with Crippen LogP contribution in [-0.4, -0.2) is 29.8 Å². The van der Waals surface area contributed by atoms with Crippen molar-refractivity contribution in [1.82, 2.24) is 15.5 Å². The number of carbonyl (C=O) groups excluding carboxylic acids is 2. The number of fused-ring (bicyclic) bond motifs is 1. The molecule has 4 rings (SSSR count). The quantitative estimate of drug-likeness (QED) is 0.584. The molecule has 5 nitrogen and oxygen atoms in total. The SMILES string of the molecule is Cc1ccc(CNC(=O)C(=O)NC[C@@H](c2cccs2)N2CCc3ccccc3C2)cc1. The van der Waals surface area contributed by atoms with E-state index in [-0.39, 0.29) is 6.04 Å². The van der Waals surface area contributed by atoms with Crippen molar-refractivity contribution in [3.05, 3.63) is 93.2 Å². The summed E-state index contributed by atoms with van der Waals surface area (Å²) in [5.74, 6) is -1.19. The van der Waals surface area contributed by atoms with Gasteiger partial charge in [0.15, 0.2) is 0 Å². The van der Waals surface area contributed by atoms with Crippen LogP contribution in [0.15, 0.2) is 66.0 Å². The lowest BCUT2D eigenvalue weighted by Gasteiger charge is -2.35. The normalized spacial score (nSPS) is 14.5. The number of benzene rings is 2. The molecule has 2 aromatic carbocycles. The van der Waals surface area contributed by atoms with Crippen LogP contribution in [0.4, 0.5) is 0 Å². The number of amides is 2. The second-order valence-corrected chi connectivity index (χ2v) is 8.88. The van der Waals surface area contributed by atoms with Crippen molar-refractivity contribution in [2.24, 2.45) is 0 Å². The van der Waals surface area contributed by atoms with Gasteiger partial charge in [-0.25, -0.2) is 0 Å². The van der Waals surface area contributed by atoms with E-state index in [9.17, 15) is 9.59 Å². The second-order valence-electron chi connectivity index (χ2n) is 7.90. The molecule has 0 saturated carbocycles. The number of hydrogen-bond acceptors (Lipinski definition) is 4. The zero-order valence-corrected chi connectivity index (χ0v) is 18.5. The minimum Gasteiger partial charge on any atom is -0.346 e. The van der Waals surface area contributed by atoms with E-state index in [1.54, 1.807) is 11.3 Å². The summed E-state index contributed by atoms with van der Waals surface area (Å²) in [5, 5.41) is 7.61. The largest absolute Gasteiger partial charge is 0.346 e. The van der Waals surface area contributed by atoms with E-state index < -0.39 is 11.8 Å². The predicted octanol–water partition coefficient (Wildman–Crippen LogP) is 3.59. The predicted molar refractivity (Wildman–Crippen MR) is 124 cm³/mol. The number of nitrogens with zero attached hydrogens (tertiary/aromatic N) is 1. The van der Waals surface area contributed by atoms with Crippen molar-refractivity contribution in [3.8, 4) is 0 Å². The molecule has 2 amide bonds. The molecule has 0 fully saturated rings. The van der Waals surface area contributed by atoms with Gasteiger partial charge in [0.2, 0.25) is 0 Å². The Bertz CT molecular complexity index is 1030. The number of nitrogens with one attached hydrogen (secondary N) is 2. The average Bonchev–Trinajstić information content (AvgIpc) is 3.33. The number of aryl methyl sites for hydroxylation is 1. The Balaban J connectivity index is 1.36. The molecule has 2 N–H and O–H groups in total. The maximum absolute atomic E-state index is 12.4. The lowest BCUT2D eigenvalue weighted by Crippen LogP contribution is -2.44. The Morgan fingerprint density at radius 1 is 0.968 bits per heavy atom. The molecular formula is C25H27N3O2S. The van der Waals surface area contributed by atoms with Crippen molar-refractivity contribution in [2.75, 3.05) is 13.1 Å². The molecule has 6 heteroatoms. The minimum absolute atomic E-state index is 0.0437. The minimum atomic E-state index is -0.602. The van der Waals surface area contributed by atoms with Crippen LogP contribution in [0.3, 0.4) is 0 Å². The lowest BCUT2D eigenvalue weighted by molar-refractivity contribution is -0.139. The van der Waals surface area contributed by atoms with E-state index in [2.05, 4.69) is 51.2 Å². The molecular weight excluding hydrogens is 406 g/mol. The first-order chi connectivity index (χ1) is 15.1. The third kappa shape index (κ3) is 5.40. The molecule has 0 saturated heterocycles. The van der Waals surface area contributed by atoms with Crippen molar-refractivity contribution in [2.45, 2.75) is 32.5 Å². The van der Waals surface area contributed by atoms with Crippen LogP contribution in [0.2, 0.25) is 0 Å². The van der Waals surface area contributed by atoms with E-state index in [1.807, 2.05) is 37.3 Å². The van der Waals surface area contributed by atoms with Gasteiger partial charge in [0.25, 0.3) is 0 Å². The third-order valence-electron chi connectivity index (χ3n) is 5.71. The summed E-state index contributed by atoms with van der Waals surface area (Å²) < 4.78 is 0. The molecule has 31 heavy (non-hydrogen) atoms. The number of thiophene rings is 1. The van der Waals surface area contributed by atoms with Gasteiger partial charge in [-0.15, -0.1) is 11.3 Å². The molecule has 160 valence electrons. The Kier molecular flexibility index (Phi) is 6.79. The summed E-state index contributed by atoms with van der Waals surface area (Å²) in [5.41, 5.74) is 4.85. The Labute approximate surface area is 187 Å². The Hall–Kier alpha value is -2.96. The highest BCUT2D eigenvalue weighted by Crippen LogP contribution is 2.29. The summed E-state index contributed by atoms with van der Waals surface area (Å²) in [6, 6.07) is 20.6. The maximum Gasteiger partial charge on any atom is 0.309 e. The van der Waals surface area contributed by atoms with Crippen molar-refractivity contribution in [1.29, 1.82) is 0 Å². The first-order valence-electron chi connectivity index (χ1n) is 10.6. The molecule has 0 unspecified atom stereocenters. The summed E-state index contributed by atoms with van der Waals surface area (Å²) in [7, 11) is 0. The van der Waals surface area contributed by atoms with Gasteiger partial charge in [-0.2, -0.15) is 0 Å². The first-order valence-corrected chi connectivity index (χ1v) is 11.4. The van der Waals surface area contributed by atoms with Crippen LogP contribution in [0, 0.1) is 6.92 Å². The van der Waals surface area contributed by atoms with E-state index in [0.29, 0.717) is 13.1 Å². The summed E-state index contributed by atoms with van der Waals surface area (Å²) in [4.78, 5) is 28.3. The molecule has 0 spiro atoms. The lowest BCUT2D eigenvalue weighted by atomic mass is 9.98. The van der Waals surface area contributed by atoms with Crippen LogP contribution in [0.1, 0.15) is 33.2 Å². The van der Waals surface area contributed by atoms with Gasteiger partial charge in [0.05, 0.1) is 6.04 Å². The molecule has 1 aromatic heterocycles. The van der Waals surface area contributed by atoms with E-state index in [0.717, 1.165) is 30.6 Å². The van der Waals surface area contributed by atoms with Crippen molar-refractivity contribution >= 4 is 23.2 Å². The van der Waals surface area contributed by atoms with Gasteiger partial charge in [-0.3, -0.25) is 14.5 Å². The fourth-order valence-corrected chi connectivity index (χ4v) is 4.77. The molecule has 2 heterocycles. The van der Waals surface area contributed by atoms with Gasteiger partial charge >= 0.3 is 11.8 Å². The highest BCUT2D eigenvalue weighted by atomic mass is 32.1. The zero-order valence-electron chi connectivity index (χ0n) is 17.6. The van der Waals surface area contributed by atoms with Crippen molar-refractivity contribution < 1.29 is 9.59 Å². The molecule has 1 atom stereocenters. The van der Waals surface area contributed by atoms with Gasteiger partial charge < -0.3 is 10.6 Å². The highest BCUT2D eigenvalue weighted by molar-refractivity contribution is 7.10. The summed E-state index contributed by atoms with van der Waals surface area (Å²) >= 11 is 1.68. The van der Waals surface area contributed by atoms with Gasteiger partial charge in [0, 0.05) is 31.1 Å². The van der Waals surface area contributed by atoms with Gasteiger partial charge in [0.1, 0.15) is 0 Å². The topological polar surface area (TPSA) is 61.4 Å². The van der Waals surface area contributed by atoms with Gasteiger partial charge in [-0.1, -0.05) is 60.2 Å². The van der Waals surface area contributed by atoms with E-state index in [1.165, 1.54) is 16.0 Å². The molecule has 0 radical (unpaired) electrons. The van der Waals surface area contributed by atoms with Crippen LogP contribution >= 0.6 is 11.3 Å². The second kappa shape index (κ2) is 9.90. The van der Waals surface area contributed by atoms with Crippen LogP contribution < -0.4 is 10.6 Å². The van der Waals surface area contributed by atoms with Gasteiger partial charge in [-0.05, 0) is 41.5 Å². The van der Waals surface area contributed by atoms with Crippen molar-refractivity contribution in [3.63, 3.8) is 0 Å².